The number of thioether (sulfide) groups is 1. The summed E-state index contributed by atoms with van der Waals surface area (Å²) in [5.74, 6) is -0.480. The molecule has 164 valence electrons. The summed E-state index contributed by atoms with van der Waals surface area (Å²) >= 11 is 1.01. The van der Waals surface area contributed by atoms with E-state index in [1.165, 1.54) is 18.2 Å². The van der Waals surface area contributed by atoms with E-state index in [9.17, 15) is 19.7 Å². The average molecular weight is 460 g/mol. The number of amides is 1. The van der Waals surface area contributed by atoms with Crippen LogP contribution in [0.25, 0.3) is 11.5 Å². The number of rotatable bonds is 8. The van der Waals surface area contributed by atoms with E-state index in [0.29, 0.717) is 22.4 Å². The molecule has 4 aromatic rings. The molecule has 0 atom stereocenters. The van der Waals surface area contributed by atoms with Crippen molar-refractivity contribution in [2.24, 2.45) is 0 Å². The lowest BCUT2D eigenvalue weighted by Gasteiger charge is -2.10. The monoisotopic (exact) mass is 460 g/mol. The number of non-ortho nitro benzene ring substituents is 1. The first-order valence-corrected chi connectivity index (χ1v) is 10.7. The summed E-state index contributed by atoms with van der Waals surface area (Å²) in [4.78, 5) is 35.7. The molecule has 1 aromatic heterocycles. The molecule has 3 aromatic carbocycles. The van der Waals surface area contributed by atoms with Crippen LogP contribution in [0.3, 0.4) is 0 Å². The molecule has 0 fully saturated rings. The summed E-state index contributed by atoms with van der Waals surface area (Å²) in [6, 6.07) is 21.4. The summed E-state index contributed by atoms with van der Waals surface area (Å²) < 4.78 is 5.51. The van der Waals surface area contributed by atoms with E-state index in [-0.39, 0.29) is 34.2 Å². The fourth-order valence-corrected chi connectivity index (χ4v) is 3.55. The Bertz CT molecular complexity index is 1320. The zero-order chi connectivity index (χ0) is 23.2. The maximum Gasteiger partial charge on any atom is 0.277 e. The van der Waals surface area contributed by atoms with Crippen molar-refractivity contribution in [1.82, 2.24) is 10.2 Å². The molecule has 0 aliphatic heterocycles. The van der Waals surface area contributed by atoms with E-state index in [4.69, 9.17) is 4.42 Å². The molecule has 1 amide bonds. The van der Waals surface area contributed by atoms with Gasteiger partial charge in [0.2, 0.25) is 11.8 Å². The zero-order valence-electron chi connectivity index (χ0n) is 17.0. The molecule has 33 heavy (non-hydrogen) atoms. The van der Waals surface area contributed by atoms with Crippen molar-refractivity contribution in [3.05, 3.63) is 100 Å². The predicted octanol–water partition coefficient (Wildman–Crippen LogP) is 4.61. The topological polar surface area (TPSA) is 128 Å². The van der Waals surface area contributed by atoms with Gasteiger partial charge in [-0.2, -0.15) is 0 Å². The molecule has 0 aliphatic rings. The van der Waals surface area contributed by atoms with E-state index in [2.05, 4.69) is 15.5 Å². The number of nitrogens with zero attached hydrogens (tertiary/aromatic N) is 3. The highest BCUT2D eigenvalue weighted by Crippen LogP contribution is 2.26. The van der Waals surface area contributed by atoms with Crippen LogP contribution in [0, 0.1) is 10.1 Å². The number of benzene rings is 3. The Balaban J connectivity index is 1.41. The van der Waals surface area contributed by atoms with Crippen molar-refractivity contribution in [2.75, 3.05) is 11.1 Å². The predicted molar refractivity (Wildman–Crippen MR) is 122 cm³/mol. The van der Waals surface area contributed by atoms with E-state index >= 15 is 0 Å². The molecule has 1 heterocycles. The minimum atomic E-state index is -0.514. The molecule has 10 heteroatoms. The number of hydrogen-bond acceptors (Lipinski definition) is 8. The molecule has 0 aliphatic carbocycles. The van der Waals surface area contributed by atoms with Gasteiger partial charge in [0.05, 0.1) is 16.4 Å². The van der Waals surface area contributed by atoms with Crippen LogP contribution in [-0.2, 0) is 4.79 Å². The molecule has 0 bridgehead atoms. The zero-order valence-corrected chi connectivity index (χ0v) is 17.8. The quantitative estimate of drug-likeness (QED) is 0.175. The largest absolute Gasteiger partial charge is 0.411 e. The van der Waals surface area contributed by atoms with Crippen molar-refractivity contribution in [3.8, 4) is 11.5 Å². The first-order chi connectivity index (χ1) is 16.0. The van der Waals surface area contributed by atoms with Crippen LogP contribution in [-0.4, -0.2) is 32.6 Å². The van der Waals surface area contributed by atoms with Crippen molar-refractivity contribution < 1.29 is 18.9 Å². The number of carbonyl (C=O) groups excluding carboxylic acids is 2. The molecule has 0 saturated heterocycles. The van der Waals surface area contributed by atoms with Gasteiger partial charge < -0.3 is 9.73 Å². The minimum Gasteiger partial charge on any atom is -0.411 e. The summed E-state index contributed by atoms with van der Waals surface area (Å²) in [6.07, 6.45) is 0. The highest BCUT2D eigenvalue weighted by Gasteiger charge is 2.17. The van der Waals surface area contributed by atoms with E-state index in [1.54, 1.807) is 54.6 Å². The first-order valence-electron chi connectivity index (χ1n) is 9.71. The fraction of sp³-hybridized carbons (Fsp3) is 0.0435. The molecular formula is C23H16N4O5S. The maximum atomic E-state index is 12.8. The van der Waals surface area contributed by atoms with Crippen LogP contribution in [0.4, 0.5) is 11.4 Å². The van der Waals surface area contributed by atoms with Gasteiger partial charge in [0.15, 0.2) is 5.78 Å². The number of ketones is 1. The van der Waals surface area contributed by atoms with E-state index < -0.39 is 4.92 Å². The van der Waals surface area contributed by atoms with Crippen molar-refractivity contribution in [2.45, 2.75) is 5.22 Å². The van der Waals surface area contributed by atoms with Crippen LogP contribution in [0.2, 0.25) is 0 Å². The Labute approximate surface area is 192 Å². The van der Waals surface area contributed by atoms with Gasteiger partial charge >= 0.3 is 0 Å². The number of aromatic nitrogens is 2. The Morgan fingerprint density at radius 2 is 1.73 bits per heavy atom. The van der Waals surface area contributed by atoms with Gasteiger partial charge in [-0.15, -0.1) is 10.2 Å². The Morgan fingerprint density at radius 3 is 2.52 bits per heavy atom. The van der Waals surface area contributed by atoms with Crippen molar-refractivity contribution >= 4 is 34.8 Å². The number of carbonyl (C=O) groups is 2. The lowest BCUT2D eigenvalue weighted by Crippen LogP contribution is -2.17. The highest BCUT2D eigenvalue weighted by molar-refractivity contribution is 7.99. The van der Waals surface area contributed by atoms with Crippen molar-refractivity contribution in [3.63, 3.8) is 0 Å². The number of nitro benzene ring substituents is 1. The third-order valence-electron chi connectivity index (χ3n) is 4.52. The summed E-state index contributed by atoms with van der Waals surface area (Å²) in [5.41, 5.74) is 1.62. The van der Waals surface area contributed by atoms with Crippen LogP contribution in [0.5, 0.6) is 0 Å². The second kappa shape index (κ2) is 9.88. The number of anilines is 1. The lowest BCUT2D eigenvalue weighted by atomic mass is 10.0. The van der Waals surface area contributed by atoms with Gasteiger partial charge in [0.25, 0.3) is 10.9 Å². The van der Waals surface area contributed by atoms with Crippen LogP contribution in [0.15, 0.2) is 88.5 Å². The molecule has 0 unspecified atom stereocenters. The molecule has 0 saturated carbocycles. The van der Waals surface area contributed by atoms with E-state index in [1.807, 2.05) is 6.07 Å². The Hall–Kier alpha value is -4.31. The van der Waals surface area contributed by atoms with Gasteiger partial charge in [0.1, 0.15) is 0 Å². The first kappa shape index (κ1) is 21.9. The molecule has 0 radical (unpaired) electrons. The van der Waals surface area contributed by atoms with Gasteiger partial charge in [0, 0.05) is 28.8 Å². The Kier molecular flexibility index (Phi) is 6.56. The van der Waals surface area contributed by atoms with Gasteiger partial charge in [-0.3, -0.25) is 19.7 Å². The maximum absolute atomic E-state index is 12.8. The molecule has 1 N–H and O–H groups in total. The van der Waals surface area contributed by atoms with Gasteiger partial charge in [-0.05, 0) is 18.2 Å². The number of nitrogens with one attached hydrogen (secondary N) is 1. The van der Waals surface area contributed by atoms with Crippen LogP contribution >= 0.6 is 11.8 Å². The Morgan fingerprint density at radius 1 is 0.970 bits per heavy atom. The molecule has 4 rings (SSSR count). The normalized spacial score (nSPS) is 10.5. The number of nitro groups is 1. The van der Waals surface area contributed by atoms with Crippen molar-refractivity contribution in [1.29, 1.82) is 0 Å². The number of hydrogen-bond donors (Lipinski definition) is 1. The SMILES string of the molecule is O=C(CSc1nnc(-c2cccc([N+](=O)[O-])c2)o1)Nc1ccccc1C(=O)c1ccccc1. The molecule has 9 nitrogen and oxygen atoms in total. The smallest absolute Gasteiger partial charge is 0.277 e. The number of para-hydroxylation sites is 1. The third kappa shape index (κ3) is 5.31. The van der Waals surface area contributed by atoms with Gasteiger partial charge in [-0.25, -0.2) is 0 Å². The van der Waals surface area contributed by atoms with Crippen LogP contribution < -0.4 is 5.32 Å². The minimum absolute atomic E-state index is 0.0373. The molecular weight excluding hydrogens is 444 g/mol. The van der Waals surface area contributed by atoms with Crippen LogP contribution in [0.1, 0.15) is 15.9 Å². The molecule has 0 spiro atoms. The second-order valence-corrected chi connectivity index (χ2v) is 7.68. The van der Waals surface area contributed by atoms with E-state index in [0.717, 1.165) is 11.8 Å². The second-order valence-electron chi connectivity index (χ2n) is 6.76. The summed E-state index contributed by atoms with van der Waals surface area (Å²) in [6.45, 7) is 0. The summed E-state index contributed by atoms with van der Waals surface area (Å²) in [7, 11) is 0. The van der Waals surface area contributed by atoms with Gasteiger partial charge in [-0.1, -0.05) is 60.3 Å². The highest BCUT2D eigenvalue weighted by atomic mass is 32.2. The third-order valence-corrected chi connectivity index (χ3v) is 5.34. The average Bonchev–Trinajstić information content (AvgIpc) is 3.32. The summed E-state index contributed by atoms with van der Waals surface area (Å²) in [5, 5.41) is 21.6. The standard InChI is InChI=1S/C23H16N4O5S/c28-20(24-19-12-5-4-11-18(19)21(29)15-7-2-1-3-8-15)14-33-23-26-25-22(32-23)16-9-6-10-17(13-16)27(30)31/h1-13H,14H2,(H,24,28). The fourth-order valence-electron chi connectivity index (χ4n) is 2.99. The lowest BCUT2D eigenvalue weighted by molar-refractivity contribution is -0.384.